The number of benzene rings is 2. The van der Waals surface area contributed by atoms with Gasteiger partial charge in [0, 0.05) is 17.3 Å². The van der Waals surface area contributed by atoms with Crippen molar-refractivity contribution in [3.63, 3.8) is 0 Å². The Balaban J connectivity index is 1.37. The van der Waals surface area contributed by atoms with Crippen molar-refractivity contribution in [2.45, 2.75) is 31.3 Å². The quantitative estimate of drug-likeness (QED) is 0.619. The standard InChI is InChI=1S/C24H22N2O3S/c1-16-13-19-5-2-3-7-21(19)26(16)23(28)17-8-10-18(11-9-17)24-25(22(27)15-30-24)14-20-6-4-12-29-20/h2-12,16,24H,13-15H2,1H3/t16-,24+/m1/s1. The van der Waals surface area contributed by atoms with E-state index in [1.165, 1.54) is 5.56 Å². The fraction of sp³-hybridized carbons (Fsp3) is 0.250. The summed E-state index contributed by atoms with van der Waals surface area (Å²) in [4.78, 5) is 29.3. The summed E-state index contributed by atoms with van der Waals surface area (Å²) < 4.78 is 5.42. The first-order valence-corrected chi connectivity index (χ1v) is 11.1. The predicted octanol–water partition coefficient (Wildman–Crippen LogP) is 4.65. The Morgan fingerprint density at radius 1 is 1.10 bits per heavy atom. The number of thioether (sulfide) groups is 1. The molecule has 6 heteroatoms. The zero-order valence-corrected chi connectivity index (χ0v) is 17.5. The Morgan fingerprint density at radius 3 is 2.67 bits per heavy atom. The Hall–Kier alpha value is -2.99. The van der Waals surface area contributed by atoms with Gasteiger partial charge >= 0.3 is 0 Å². The van der Waals surface area contributed by atoms with Gasteiger partial charge in [-0.05, 0) is 54.8 Å². The summed E-state index contributed by atoms with van der Waals surface area (Å²) in [5, 5.41) is -0.0711. The number of carbonyl (C=O) groups is 2. The zero-order chi connectivity index (χ0) is 20.7. The van der Waals surface area contributed by atoms with Gasteiger partial charge in [0.05, 0.1) is 18.6 Å². The molecule has 0 N–H and O–H groups in total. The maximum atomic E-state index is 13.2. The minimum Gasteiger partial charge on any atom is -0.467 e. The van der Waals surface area contributed by atoms with Crippen LogP contribution in [0.1, 0.15) is 39.5 Å². The number of carbonyl (C=O) groups excluding carboxylic acids is 2. The van der Waals surface area contributed by atoms with Crippen LogP contribution >= 0.6 is 11.8 Å². The van der Waals surface area contributed by atoms with Gasteiger partial charge in [0.25, 0.3) is 5.91 Å². The molecule has 1 fully saturated rings. The van der Waals surface area contributed by atoms with Crippen molar-refractivity contribution in [3.05, 3.63) is 89.4 Å². The second-order valence-corrected chi connectivity index (χ2v) is 8.81. The van der Waals surface area contributed by atoms with E-state index in [-0.39, 0.29) is 23.2 Å². The number of rotatable bonds is 4. The van der Waals surface area contributed by atoms with Crippen LogP contribution in [0.3, 0.4) is 0 Å². The Morgan fingerprint density at radius 2 is 1.90 bits per heavy atom. The first-order valence-electron chi connectivity index (χ1n) is 10.1. The van der Waals surface area contributed by atoms with Gasteiger partial charge in [0.1, 0.15) is 11.1 Å². The maximum absolute atomic E-state index is 13.2. The van der Waals surface area contributed by atoms with E-state index in [1.54, 1.807) is 18.0 Å². The number of fused-ring (bicyclic) bond motifs is 1. The first-order chi connectivity index (χ1) is 14.6. The third-order valence-corrected chi connectivity index (χ3v) is 7.00. The van der Waals surface area contributed by atoms with E-state index in [0.29, 0.717) is 17.9 Å². The van der Waals surface area contributed by atoms with E-state index in [9.17, 15) is 9.59 Å². The second-order valence-electron chi connectivity index (χ2n) is 7.74. The van der Waals surface area contributed by atoms with Crippen molar-refractivity contribution in [2.24, 2.45) is 0 Å². The number of hydrogen-bond acceptors (Lipinski definition) is 4. The van der Waals surface area contributed by atoms with Crippen LogP contribution in [0.2, 0.25) is 0 Å². The van der Waals surface area contributed by atoms with Crippen molar-refractivity contribution in [3.8, 4) is 0 Å². The number of amides is 2. The van der Waals surface area contributed by atoms with E-state index in [1.807, 2.05) is 64.4 Å². The SMILES string of the molecule is C[C@@H]1Cc2ccccc2N1C(=O)c1ccc([C@@H]2SCC(=O)N2Cc2ccco2)cc1. The highest BCUT2D eigenvalue weighted by Gasteiger charge is 2.34. The molecule has 30 heavy (non-hydrogen) atoms. The van der Waals surface area contributed by atoms with E-state index < -0.39 is 0 Å². The molecule has 3 heterocycles. The molecule has 1 saturated heterocycles. The molecule has 2 atom stereocenters. The average molecular weight is 419 g/mol. The zero-order valence-electron chi connectivity index (χ0n) is 16.7. The Labute approximate surface area is 179 Å². The van der Waals surface area contributed by atoms with Gasteiger partial charge in [-0.15, -0.1) is 11.8 Å². The van der Waals surface area contributed by atoms with Gasteiger partial charge in [-0.1, -0.05) is 30.3 Å². The maximum Gasteiger partial charge on any atom is 0.258 e. The number of para-hydroxylation sites is 1. The normalized spacial score (nSPS) is 20.6. The van der Waals surface area contributed by atoms with Crippen LogP contribution in [0.4, 0.5) is 5.69 Å². The second kappa shape index (κ2) is 7.69. The summed E-state index contributed by atoms with van der Waals surface area (Å²) in [7, 11) is 0. The number of nitrogens with zero attached hydrogens (tertiary/aromatic N) is 2. The average Bonchev–Trinajstić information content (AvgIpc) is 3.47. The van der Waals surface area contributed by atoms with E-state index in [0.717, 1.165) is 23.4 Å². The summed E-state index contributed by atoms with van der Waals surface area (Å²) in [6.45, 7) is 2.53. The summed E-state index contributed by atoms with van der Waals surface area (Å²) >= 11 is 1.60. The van der Waals surface area contributed by atoms with Gasteiger partial charge in [-0.3, -0.25) is 9.59 Å². The lowest BCUT2D eigenvalue weighted by molar-refractivity contribution is -0.128. The number of anilines is 1. The molecule has 0 saturated carbocycles. The van der Waals surface area contributed by atoms with Gasteiger partial charge in [-0.2, -0.15) is 0 Å². The molecular weight excluding hydrogens is 396 g/mol. The molecule has 2 aliphatic rings. The van der Waals surface area contributed by atoms with Crippen molar-refractivity contribution < 1.29 is 14.0 Å². The highest BCUT2D eigenvalue weighted by molar-refractivity contribution is 8.00. The van der Waals surface area contributed by atoms with Crippen LogP contribution in [0.15, 0.2) is 71.3 Å². The number of hydrogen-bond donors (Lipinski definition) is 0. The molecule has 2 aromatic carbocycles. The first kappa shape index (κ1) is 19.0. The van der Waals surface area contributed by atoms with E-state index >= 15 is 0 Å². The molecule has 0 spiro atoms. The molecule has 0 unspecified atom stereocenters. The topological polar surface area (TPSA) is 53.8 Å². The molecule has 2 aliphatic heterocycles. The summed E-state index contributed by atoms with van der Waals surface area (Å²) in [5.41, 5.74) is 3.89. The van der Waals surface area contributed by atoms with Crippen molar-refractivity contribution in [1.82, 2.24) is 4.90 Å². The van der Waals surface area contributed by atoms with Crippen molar-refractivity contribution >= 4 is 29.3 Å². The predicted molar refractivity (Wildman–Crippen MR) is 117 cm³/mol. The number of furan rings is 1. The largest absolute Gasteiger partial charge is 0.467 e. The van der Waals surface area contributed by atoms with E-state index in [4.69, 9.17) is 4.42 Å². The lowest BCUT2D eigenvalue weighted by Gasteiger charge is -2.25. The molecule has 0 aliphatic carbocycles. The Bertz CT molecular complexity index is 1080. The minimum absolute atomic E-state index is 0.0154. The molecule has 1 aromatic heterocycles. The molecule has 5 nitrogen and oxygen atoms in total. The van der Waals surface area contributed by atoms with Crippen LogP contribution < -0.4 is 4.90 Å². The van der Waals surface area contributed by atoms with E-state index in [2.05, 4.69) is 13.0 Å². The third-order valence-electron chi connectivity index (χ3n) is 5.74. The fourth-order valence-electron chi connectivity index (χ4n) is 4.28. The van der Waals surface area contributed by atoms with Crippen LogP contribution in [0, 0.1) is 0 Å². The summed E-state index contributed by atoms with van der Waals surface area (Å²) in [6, 6.07) is 19.6. The molecule has 5 rings (SSSR count). The minimum atomic E-state index is -0.0711. The smallest absolute Gasteiger partial charge is 0.258 e. The van der Waals surface area contributed by atoms with Crippen molar-refractivity contribution in [2.75, 3.05) is 10.7 Å². The lowest BCUT2D eigenvalue weighted by atomic mass is 10.1. The molecule has 0 bridgehead atoms. The van der Waals surface area contributed by atoms with Crippen LogP contribution in [0.25, 0.3) is 0 Å². The van der Waals surface area contributed by atoms with Crippen LogP contribution in [-0.2, 0) is 17.8 Å². The molecule has 2 amide bonds. The molecule has 3 aromatic rings. The molecule has 0 radical (unpaired) electrons. The van der Waals surface area contributed by atoms with Gasteiger partial charge < -0.3 is 14.2 Å². The lowest BCUT2D eigenvalue weighted by Crippen LogP contribution is -2.35. The third kappa shape index (κ3) is 3.31. The van der Waals surface area contributed by atoms with Crippen LogP contribution in [-0.4, -0.2) is 28.5 Å². The van der Waals surface area contributed by atoms with Crippen molar-refractivity contribution in [1.29, 1.82) is 0 Å². The van der Waals surface area contributed by atoms with Crippen LogP contribution in [0.5, 0.6) is 0 Å². The van der Waals surface area contributed by atoms with Gasteiger partial charge in [0.15, 0.2) is 0 Å². The summed E-state index contributed by atoms with van der Waals surface area (Å²) in [5.74, 6) is 1.34. The monoisotopic (exact) mass is 418 g/mol. The molecule has 152 valence electrons. The summed E-state index contributed by atoms with van der Waals surface area (Å²) in [6.07, 6.45) is 2.50. The fourth-order valence-corrected chi connectivity index (χ4v) is 5.46. The Kier molecular flexibility index (Phi) is 4.87. The van der Waals surface area contributed by atoms with Gasteiger partial charge in [0.2, 0.25) is 5.91 Å². The van der Waals surface area contributed by atoms with Gasteiger partial charge in [-0.25, -0.2) is 0 Å². The molecular formula is C24H22N2O3S. The highest BCUT2D eigenvalue weighted by Crippen LogP contribution is 2.40. The highest BCUT2D eigenvalue weighted by atomic mass is 32.2.